The van der Waals surface area contributed by atoms with Gasteiger partial charge in [0.1, 0.15) is 0 Å². The van der Waals surface area contributed by atoms with Crippen LogP contribution >= 0.6 is 11.8 Å². The number of thioether (sulfide) groups is 1. The van der Waals surface area contributed by atoms with E-state index in [1.807, 2.05) is 13.1 Å². The number of nitrogens with zero attached hydrogens (tertiary/aromatic N) is 4. The van der Waals surface area contributed by atoms with Gasteiger partial charge in [-0.15, -0.1) is 0 Å². The Bertz CT molecular complexity index is 477. The van der Waals surface area contributed by atoms with Crippen molar-refractivity contribution in [1.82, 2.24) is 19.4 Å². The number of hydrogen-bond donors (Lipinski definition) is 1. The van der Waals surface area contributed by atoms with Crippen LogP contribution in [0, 0.1) is 6.92 Å². The Kier molecular flexibility index (Phi) is 5.06. The van der Waals surface area contributed by atoms with Crippen LogP contribution in [-0.4, -0.2) is 76.0 Å². The molecule has 1 fully saturated rings. The number of piperazine rings is 1. The number of likely N-dealkylation sites (N-methyl/N-ethyl adjacent to an activating group) is 2. The van der Waals surface area contributed by atoms with E-state index in [1.165, 1.54) is 11.8 Å². The van der Waals surface area contributed by atoms with Gasteiger partial charge in [-0.1, -0.05) is 11.8 Å². The van der Waals surface area contributed by atoms with Crippen molar-refractivity contribution in [3.63, 3.8) is 0 Å². The van der Waals surface area contributed by atoms with Crippen LogP contribution in [-0.2, 0) is 11.3 Å². The van der Waals surface area contributed by atoms with E-state index in [0.29, 0.717) is 6.04 Å². The van der Waals surface area contributed by atoms with Crippen LogP contribution in [0.4, 0.5) is 0 Å². The highest BCUT2D eigenvalue weighted by Crippen LogP contribution is 2.19. The van der Waals surface area contributed by atoms with Crippen molar-refractivity contribution < 1.29 is 9.90 Å². The Morgan fingerprint density at radius 1 is 1.50 bits per heavy atom. The van der Waals surface area contributed by atoms with E-state index >= 15 is 0 Å². The normalized spacial score (nSPS) is 21.2. The molecule has 1 aliphatic rings. The van der Waals surface area contributed by atoms with E-state index in [2.05, 4.69) is 33.4 Å². The lowest BCUT2D eigenvalue weighted by atomic mass is 10.2. The molecule has 1 aromatic heterocycles. The topological polar surface area (TPSA) is 61.6 Å². The van der Waals surface area contributed by atoms with E-state index in [9.17, 15) is 4.79 Å². The number of aromatic nitrogens is 2. The lowest BCUT2D eigenvalue weighted by molar-refractivity contribution is -0.133. The number of aryl methyl sites for hydroxylation is 1. The molecule has 20 heavy (non-hydrogen) atoms. The van der Waals surface area contributed by atoms with E-state index in [4.69, 9.17) is 5.11 Å². The van der Waals surface area contributed by atoms with Gasteiger partial charge in [0.2, 0.25) is 0 Å². The molecule has 0 amide bonds. The quantitative estimate of drug-likeness (QED) is 0.804. The third-order valence-electron chi connectivity index (χ3n) is 3.57. The summed E-state index contributed by atoms with van der Waals surface area (Å²) in [7, 11) is 4.28. The molecule has 2 heterocycles. The third-order valence-corrected chi connectivity index (χ3v) is 4.55. The number of rotatable bonds is 5. The van der Waals surface area contributed by atoms with Gasteiger partial charge in [0.25, 0.3) is 0 Å². The average molecular weight is 298 g/mol. The summed E-state index contributed by atoms with van der Waals surface area (Å²) in [5.74, 6) is -0.756. The predicted octanol–water partition coefficient (Wildman–Crippen LogP) is 0.614. The number of carboxylic acids is 1. The molecule has 1 saturated heterocycles. The molecule has 0 aromatic carbocycles. The van der Waals surface area contributed by atoms with Crippen molar-refractivity contribution in [2.45, 2.75) is 24.7 Å². The third kappa shape index (κ3) is 3.97. The van der Waals surface area contributed by atoms with Crippen LogP contribution in [0.25, 0.3) is 0 Å². The molecule has 1 aromatic rings. The van der Waals surface area contributed by atoms with Crippen LogP contribution in [0.5, 0.6) is 0 Å². The molecule has 1 N–H and O–H groups in total. The highest BCUT2D eigenvalue weighted by atomic mass is 32.2. The second-order valence-electron chi connectivity index (χ2n) is 5.40. The number of hydrogen-bond acceptors (Lipinski definition) is 5. The summed E-state index contributed by atoms with van der Waals surface area (Å²) in [6.07, 6.45) is 2.01. The standard InChI is InChI=1S/C13H22N4O2S/c1-10-6-17(13(14-10)20-9-12(18)19)8-11-7-15(2)4-5-16(11)3/h6,11H,4-5,7-9H2,1-3H3,(H,18,19). The molecule has 6 nitrogen and oxygen atoms in total. The Balaban J connectivity index is 2.05. The van der Waals surface area contributed by atoms with Gasteiger partial charge < -0.3 is 14.6 Å². The smallest absolute Gasteiger partial charge is 0.313 e. The van der Waals surface area contributed by atoms with E-state index in [1.54, 1.807) is 0 Å². The van der Waals surface area contributed by atoms with Gasteiger partial charge >= 0.3 is 5.97 Å². The van der Waals surface area contributed by atoms with Crippen molar-refractivity contribution >= 4 is 17.7 Å². The fraction of sp³-hybridized carbons (Fsp3) is 0.692. The molecule has 1 unspecified atom stereocenters. The monoisotopic (exact) mass is 298 g/mol. The van der Waals surface area contributed by atoms with E-state index in [-0.39, 0.29) is 5.75 Å². The van der Waals surface area contributed by atoms with Crippen molar-refractivity contribution in [2.75, 3.05) is 39.5 Å². The Hall–Kier alpha value is -1.05. The van der Waals surface area contributed by atoms with Crippen molar-refractivity contribution in [3.05, 3.63) is 11.9 Å². The lowest BCUT2D eigenvalue weighted by Crippen LogP contribution is -2.51. The maximum atomic E-state index is 10.7. The van der Waals surface area contributed by atoms with Crippen LogP contribution in [0.15, 0.2) is 11.4 Å². The van der Waals surface area contributed by atoms with E-state index in [0.717, 1.165) is 37.0 Å². The number of aliphatic carboxylic acids is 1. The lowest BCUT2D eigenvalue weighted by Gasteiger charge is -2.38. The van der Waals surface area contributed by atoms with Crippen molar-refractivity contribution in [1.29, 1.82) is 0 Å². The zero-order valence-corrected chi connectivity index (χ0v) is 13.1. The largest absolute Gasteiger partial charge is 0.481 e. The molecule has 1 atom stereocenters. The Morgan fingerprint density at radius 2 is 2.25 bits per heavy atom. The first kappa shape index (κ1) is 15.3. The minimum absolute atomic E-state index is 0.0524. The summed E-state index contributed by atoms with van der Waals surface area (Å²) in [6.45, 7) is 5.97. The van der Waals surface area contributed by atoms with Gasteiger partial charge in [-0.05, 0) is 21.0 Å². The maximum Gasteiger partial charge on any atom is 0.313 e. The molecule has 112 valence electrons. The average Bonchev–Trinajstić information content (AvgIpc) is 2.71. The van der Waals surface area contributed by atoms with Gasteiger partial charge in [-0.2, -0.15) is 0 Å². The van der Waals surface area contributed by atoms with Gasteiger partial charge in [-0.25, -0.2) is 4.98 Å². The second kappa shape index (κ2) is 6.60. The van der Waals surface area contributed by atoms with Crippen LogP contribution < -0.4 is 0 Å². The maximum absolute atomic E-state index is 10.7. The number of carboxylic acid groups (broad SMARTS) is 1. The summed E-state index contributed by atoms with van der Waals surface area (Å²) in [5, 5.41) is 9.60. The van der Waals surface area contributed by atoms with Gasteiger partial charge in [-0.3, -0.25) is 9.69 Å². The first-order chi connectivity index (χ1) is 9.45. The van der Waals surface area contributed by atoms with Crippen LogP contribution in [0.3, 0.4) is 0 Å². The van der Waals surface area contributed by atoms with Crippen molar-refractivity contribution in [3.8, 4) is 0 Å². The fourth-order valence-electron chi connectivity index (χ4n) is 2.42. The molecule has 0 bridgehead atoms. The zero-order valence-electron chi connectivity index (χ0n) is 12.2. The summed E-state index contributed by atoms with van der Waals surface area (Å²) in [4.78, 5) is 19.8. The minimum Gasteiger partial charge on any atom is -0.481 e. The molecule has 0 aliphatic carbocycles. The molecule has 7 heteroatoms. The molecule has 0 saturated carbocycles. The van der Waals surface area contributed by atoms with Gasteiger partial charge in [0.05, 0.1) is 11.4 Å². The van der Waals surface area contributed by atoms with E-state index < -0.39 is 5.97 Å². The number of carbonyl (C=O) groups is 1. The summed E-state index contributed by atoms with van der Waals surface area (Å²) in [6, 6.07) is 0.437. The Morgan fingerprint density at radius 3 is 2.95 bits per heavy atom. The molecule has 1 aliphatic heterocycles. The molecular formula is C13H22N4O2S. The molecule has 0 radical (unpaired) electrons. The second-order valence-corrected chi connectivity index (χ2v) is 6.34. The summed E-state index contributed by atoms with van der Waals surface area (Å²) in [5.41, 5.74) is 0.935. The first-order valence-corrected chi connectivity index (χ1v) is 7.71. The highest BCUT2D eigenvalue weighted by Gasteiger charge is 2.23. The zero-order chi connectivity index (χ0) is 14.7. The van der Waals surface area contributed by atoms with Crippen LogP contribution in [0.2, 0.25) is 0 Å². The summed E-state index contributed by atoms with van der Waals surface area (Å²) < 4.78 is 2.09. The SMILES string of the molecule is Cc1cn(CC2CN(C)CCN2C)c(SCC(=O)O)n1. The molecule has 0 spiro atoms. The predicted molar refractivity (Wildman–Crippen MR) is 79.2 cm³/mol. The molecular weight excluding hydrogens is 276 g/mol. The van der Waals surface area contributed by atoms with Crippen molar-refractivity contribution in [2.24, 2.45) is 0 Å². The highest BCUT2D eigenvalue weighted by molar-refractivity contribution is 7.99. The molecule has 2 rings (SSSR count). The van der Waals surface area contributed by atoms with Gasteiger partial charge in [0.15, 0.2) is 5.16 Å². The number of imidazole rings is 1. The summed E-state index contributed by atoms with van der Waals surface area (Å²) >= 11 is 1.29. The minimum atomic E-state index is -0.809. The van der Waals surface area contributed by atoms with Crippen LogP contribution in [0.1, 0.15) is 5.69 Å². The van der Waals surface area contributed by atoms with Gasteiger partial charge in [0, 0.05) is 38.4 Å². The first-order valence-electron chi connectivity index (χ1n) is 6.73. The Labute approximate surface area is 123 Å². The fourth-order valence-corrected chi connectivity index (χ4v) is 3.18.